The lowest BCUT2D eigenvalue weighted by Crippen LogP contribution is -2.41. The first-order chi connectivity index (χ1) is 13.5. The van der Waals surface area contributed by atoms with Gasteiger partial charge >= 0.3 is 16.2 Å². The molecule has 2 aromatic rings. The van der Waals surface area contributed by atoms with E-state index in [9.17, 15) is 13.2 Å². The van der Waals surface area contributed by atoms with Crippen LogP contribution >= 0.6 is 0 Å². The third-order valence-electron chi connectivity index (χ3n) is 4.56. The first-order valence-electron chi connectivity index (χ1n) is 9.49. The molecule has 1 aliphatic rings. The summed E-state index contributed by atoms with van der Waals surface area (Å²) >= 11 is 0. The van der Waals surface area contributed by atoms with Crippen LogP contribution in [0.3, 0.4) is 0 Å². The maximum atomic E-state index is 12.4. The standard InChI is InChI=1S/C20H26N2O6S/c1-14-5-7-16(8-6-14)29(24,25)28-18-13-17(27-21-18)15-9-11-22(12-10-15)19(23)26-20(2,3)4/h5-8,13,15H,9-12H2,1-4H3. The second kappa shape index (κ2) is 8.06. The van der Waals surface area contributed by atoms with Crippen molar-refractivity contribution in [2.75, 3.05) is 13.1 Å². The number of piperidine rings is 1. The zero-order valence-electron chi connectivity index (χ0n) is 17.0. The molecule has 1 aliphatic heterocycles. The van der Waals surface area contributed by atoms with Gasteiger partial charge in [-0.3, -0.25) is 0 Å². The Labute approximate surface area is 170 Å². The molecule has 0 unspecified atom stereocenters. The van der Waals surface area contributed by atoms with E-state index in [1.54, 1.807) is 17.0 Å². The van der Waals surface area contributed by atoms with E-state index >= 15 is 0 Å². The summed E-state index contributed by atoms with van der Waals surface area (Å²) in [7, 11) is -3.98. The van der Waals surface area contributed by atoms with Crippen LogP contribution in [-0.2, 0) is 14.9 Å². The minimum Gasteiger partial charge on any atom is -0.444 e. The Kier molecular flexibility index (Phi) is 5.88. The van der Waals surface area contributed by atoms with Crippen molar-refractivity contribution >= 4 is 16.2 Å². The Morgan fingerprint density at radius 1 is 1.17 bits per heavy atom. The first-order valence-corrected chi connectivity index (χ1v) is 10.9. The molecule has 1 aromatic heterocycles. The van der Waals surface area contributed by atoms with Crippen molar-refractivity contribution in [2.45, 2.75) is 57.0 Å². The van der Waals surface area contributed by atoms with Crippen molar-refractivity contribution in [3.05, 3.63) is 41.7 Å². The van der Waals surface area contributed by atoms with Crippen LogP contribution in [0.2, 0.25) is 0 Å². The summed E-state index contributed by atoms with van der Waals surface area (Å²) < 4.78 is 40.5. The van der Waals surface area contributed by atoms with Gasteiger partial charge in [0.05, 0.1) is 0 Å². The van der Waals surface area contributed by atoms with E-state index in [2.05, 4.69) is 5.16 Å². The van der Waals surface area contributed by atoms with E-state index in [0.717, 1.165) is 5.56 Å². The summed E-state index contributed by atoms with van der Waals surface area (Å²) in [6, 6.07) is 7.86. The van der Waals surface area contributed by atoms with Crippen molar-refractivity contribution in [3.63, 3.8) is 0 Å². The maximum Gasteiger partial charge on any atom is 0.410 e. The molecule has 8 nitrogen and oxygen atoms in total. The van der Waals surface area contributed by atoms with Crippen LogP contribution in [0.4, 0.5) is 4.79 Å². The number of benzene rings is 1. The number of hydrogen-bond acceptors (Lipinski definition) is 7. The Bertz CT molecular complexity index is 952. The van der Waals surface area contributed by atoms with Gasteiger partial charge in [-0.05, 0) is 57.8 Å². The zero-order chi connectivity index (χ0) is 21.2. The molecule has 29 heavy (non-hydrogen) atoms. The number of rotatable bonds is 4. The molecule has 0 spiro atoms. The predicted octanol–water partition coefficient (Wildman–Crippen LogP) is 3.87. The monoisotopic (exact) mass is 422 g/mol. The third kappa shape index (κ3) is 5.50. The first kappa shape index (κ1) is 21.2. The van der Waals surface area contributed by atoms with Gasteiger partial charge in [-0.1, -0.05) is 17.7 Å². The van der Waals surface area contributed by atoms with E-state index in [1.165, 1.54) is 18.2 Å². The summed E-state index contributed by atoms with van der Waals surface area (Å²) in [6.45, 7) is 8.42. The number of aryl methyl sites for hydroxylation is 1. The average Bonchev–Trinajstić information content (AvgIpc) is 3.08. The molecule has 0 N–H and O–H groups in total. The fourth-order valence-corrected chi connectivity index (χ4v) is 3.91. The molecular weight excluding hydrogens is 396 g/mol. The van der Waals surface area contributed by atoms with E-state index in [1.807, 2.05) is 27.7 Å². The van der Waals surface area contributed by atoms with Gasteiger partial charge in [0.25, 0.3) is 5.88 Å². The number of nitrogens with zero attached hydrogens (tertiary/aromatic N) is 2. The number of amides is 1. The van der Waals surface area contributed by atoms with E-state index in [-0.39, 0.29) is 22.8 Å². The molecule has 1 aromatic carbocycles. The lowest BCUT2D eigenvalue weighted by molar-refractivity contribution is 0.0199. The molecule has 0 bridgehead atoms. The number of likely N-dealkylation sites (tertiary alicyclic amines) is 1. The number of carbonyl (C=O) groups is 1. The smallest absolute Gasteiger partial charge is 0.410 e. The third-order valence-corrected chi connectivity index (χ3v) is 5.80. The van der Waals surface area contributed by atoms with Crippen LogP contribution in [0.15, 0.2) is 39.8 Å². The molecule has 0 atom stereocenters. The number of hydrogen-bond donors (Lipinski definition) is 0. The largest absolute Gasteiger partial charge is 0.444 e. The van der Waals surface area contributed by atoms with Gasteiger partial charge < -0.3 is 18.3 Å². The zero-order valence-corrected chi connectivity index (χ0v) is 17.9. The normalized spacial score (nSPS) is 15.9. The van der Waals surface area contributed by atoms with Crippen LogP contribution in [-0.4, -0.2) is 43.3 Å². The summed E-state index contributed by atoms with van der Waals surface area (Å²) in [4.78, 5) is 13.9. The lowest BCUT2D eigenvalue weighted by Gasteiger charge is -2.32. The van der Waals surface area contributed by atoms with Crippen molar-refractivity contribution in [3.8, 4) is 5.88 Å². The molecular formula is C20H26N2O6S. The number of carbonyl (C=O) groups excluding carboxylic acids is 1. The molecule has 1 amide bonds. The maximum absolute atomic E-state index is 12.4. The van der Waals surface area contributed by atoms with Crippen LogP contribution in [0.1, 0.15) is 50.9 Å². The average molecular weight is 423 g/mol. The van der Waals surface area contributed by atoms with Crippen molar-refractivity contribution in [1.82, 2.24) is 10.1 Å². The number of ether oxygens (including phenoxy) is 1. The van der Waals surface area contributed by atoms with E-state index in [0.29, 0.717) is 31.7 Å². The van der Waals surface area contributed by atoms with Crippen molar-refractivity contribution < 1.29 is 26.7 Å². The highest BCUT2D eigenvalue weighted by Gasteiger charge is 2.30. The van der Waals surface area contributed by atoms with Crippen molar-refractivity contribution in [1.29, 1.82) is 0 Å². The highest BCUT2D eigenvalue weighted by Crippen LogP contribution is 2.31. The van der Waals surface area contributed by atoms with E-state index < -0.39 is 15.7 Å². The van der Waals surface area contributed by atoms with Crippen LogP contribution in [0.5, 0.6) is 5.88 Å². The fraction of sp³-hybridized carbons (Fsp3) is 0.500. The highest BCUT2D eigenvalue weighted by atomic mass is 32.2. The van der Waals surface area contributed by atoms with Gasteiger partial charge in [0.15, 0.2) is 0 Å². The van der Waals surface area contributed by atoms with Gasteiger partial charge in [0, 0.05) is 25.1 Å². The fourth-order valence-electron chi connectivity index (χ4n) is 3.04. The van der Waals surface area contributed by atoms with Gasteiger partial charge in [0.1, 0.15) is 16.3 Å². The van der Waals surface area contributed by atoms with E-state index in [4.69, 9.17) is 13.4 Å². The van der Waals surface area contributed by atoms with Gasteiger partial charge in [-0.15, -0.1) is 0 Å². The van der Waals surface area contributed by atoms with Crippen molar-refractivity contribution in [2.24, 2.45) is 0 Å². The molecule has 9 heteroatoms. The minimum absolute atomic E-state index is 0.0283. The molecule has 0 saturated carbocycles. The topological polar surface area (TPSA) is 98.9 Å². The molecule has 1 fully saturated rings. The Morgan fingerprint density at radius 3 is 2.38 bits per heavy atom. The molecule has 2 heterocycles. The summed E-state index contributed by atoms with van der Waals surface area (Å²) in [6.07, 6.45) is 0.999. The Balaban J connectivity index is 1.60. The summed E-state index contributed by atoms with van der Waals surface area (Å²) in [5.41, 5.74) is 0.416. The van der Waals surface area contributed by atoms with Gasteiger partial charge in [0.2, 0.25) is 0 Å². The quantitative estimate of drug-likeness (QED) is 0.690. The lowest BCUT2D eigenvalue weighted by atomic mass is 9.94. The summed E-state index contributed by atoms with van der Waals surface area (Å²) in [5, 5.41) is 3.74. The van der Waals surface area contributed by atoms with Crippen LogP contribution in [0, 0.1) is 6.92 Å². The molecule has 0 aliphatic carbocycles. The molecule has 158 valence electrons. The Morgan fingerprint density at radius 2 is 1.79 bits per heavy atom. The molecule has 3 rings (SSSR count). The molecule has 0 radical (unpaired) electrons. The number of aromatic nitrogens is 1. The predicted molar refractivity (Wildman–Crippen MR) is 105 cm³/mol. The van der Waals surface area contributed by atoms with Gasteiger partial charge in [-0.2, -0.15) is 8.42 Å². The second-order valence-corrected chi connectivity index (χ2v) is 9.71. The van der Waals surface area contributed by atoms with Gasteiger partial charge in [-0.25, -0.2) is 4.79 Å². The second-order valence-electron chi connectivity index (χ2n) is 8.16. The summed E-state index contributed by atoms with van der Waals surface area (Å²) in [5.74, 6) is 0.471. The van der Waals surface area contributed by atoms with Crippen LogP contribution < -0.4 is 4.18 Å². The van der Waals surface area contributed by atoms with Crippen LogP contribution in [0.25, 0.3) is 0 Å². The SMILES string of the molecule is Cc1ccc(S(=O)(=O)Oc2cc(C3CCN(C(=O)OC(C)(C)C)CC3)on2)cc1. The molecule has 1 saturated heterocycles. The highest BCUT2D eigenvalue weighted by molar-refractivity contribution is 7.87. The Hall–Kier alpha value is -2.55. The minimum atomic E-state index is -3.98.